The maximum atomic E-state index is 6.06. The van der Waals surface area contributed by atoms with E-state index in [4.69, 9.17) is 16.6 Å². The van der Waals surface area contributed by atoms with E-state index in [0.717, 1.165) is 10.5 Å². The van der Waals surface area contributed by atoms with E-state index in [2.05, 4.69) is 18.4 Å². The van der Waals surface area contributed by atoms with E-state index in [1.807, 2.05) is 18.2 Å². The van der Waals surface area contributed by atoms with Crippen molar-refractivity contribution < 1.29 is 0 Å². The fraction of sp³-hybridized carbons (Fsp3) is 0.462. The lowest BCUT2D eigenvalue weighted by Gasteiger charge is -2.12. The summed E-state index contributed by atoms with van der Waals surface area (Å²) in [5, 5.41) is 0.789. The molecular weight excluding hydrogens is 220 g/mol. The summed E-state index contributed by atoms with van der Waals surface area (Å²) >= 11 is 6.06. The third-order valence-corrected chi connectivity index (χ3v) is 3.37. The second-order valence-corrected chi connectivity index (χ2v) is 5.28. The van der Waals surface area contributed by atoms with E-state index in [0.29, 0.717) is 12.0 Å². The molecule has 1 heterocycles. The number of nitrogens with zero attached hydrogens (tertiary/aromatic N) is 2. The molecule has 1 aliphatic rings. The summed E-state index contributed by atoms with van der Waals surface area (Å²) in [6.45, 7) is 4.40. The third-order valence-electron chi connectivity index (χ3n) is 3.14. The van der Waals surface area contributed by atoms with Crippen LogP contribution in [0.3, 0.4) is 0 Å². The number of rotatable bonds is 2. The van der Waals surface area contributed by atoms with Crippen LogP contribution in [-0.2, 0) is 0 Å². The quantitative estimate of drug-likeness (QED) is 0.763. The molecule has 2 nitrogen and oxygen atoms in total. The molecule has 16 heavy (non-hydrogen) atoms. The maximum Gasteiger partial charge on any atom is 0.113 e. The van der Waals surface area contributed by atoms with Crippen LogP contribution in [0.15, 0.2) is 18.2 Å². The summed E-state index contributed by atoms with van der Waals surface area (Å²) in [7, 11) is 0. The van der Waals surface area contributed by atoms with Crippen molar-refractivity contribution >= 4 is 22.6 Å². The van der Waals surface area contributed by atoms with Crippen molar-refractivity contribution in [1.82, 2.24) is 9.55 Å². The highest BCUT2D eigenvalue weighted by atomic mass is 35.5. The standard InChI is InChI=1S/C13H15ClN2/c1-8(2)16-12-7-10(14)5-6-11(12)15-13(16)9-3-4-9/h5-9H,3-4H2,1-2H3. The minimum Gasteiger partial charge on any atom is -0.325 e. The van der Waals surface area contributed by atoms with Gasteiger partial charge >= 0.3 is 0 Å². The first-order valence-electron chi connectivity index (χ1n) is 5.84. The fourth-order valence-electron chi connectivity index (χ4n) is 2.26. The molecule has 1 aromatic carbocycles. The lowest BCUT2D eigenvalue weighted by atomic mass is 10.3. The van der Waals surface area contributed by atoms with E-state index < -0.39 is 0 Å². The minimum absolute atomic E-state index is 0.444. The molecule has 84 valence electrons. The Kier molecular flexibility index (Phi) is 2.21. The van der Waals surface area contributed by atoms with Crippen molar-refractivity contribution in [1.29, 1.82) is 0 Å². The van der Waals surface area contributed by atoms with Gasteiger partial charge in [0.05, 0.1) is 11.0 Å². The third kappa shape index (κ3) is 1.52. The van der Waals surface area contributed by atoms with Gasteiger partial charge in [-0.3, -0.25) is 0 Å². The van der Waals surface area contributed by atoms with Crippen molar-refractivity contribution in [3.8, 4) is 0 Å². The topological polar surface area (TPSA) is 17.8 Å². The minimum atomic E-state index is 0.444. The molecule has 1 fully saturated rings. The summed E-state index contributed by atoms with van der Waals surface area (Å²) < 4.78 is 2.33. The Hall–Kier alpha value is -1.02. The van der Waals surface area contributed by atoms with E-state index in [1.54, 1.807) is 0 Å². The largest absolute Gasteiger partial charge is 0.325 e. The highest BCUT2D eigenvalue weighted by molar-refractivity contribution is 6.31. The van der Waals surface area contributed by atoms with Crippen LogP contribution in [0, 0.1) is 0 Å². The Morgan fingerprint density at radius 2 is 2.12 bits per heavy atom. The Bertz CT molecular complexity index is 538. The molecule has 3 heteroatoms. The van der Waals surface area contributed by atoms with Gasteiger partial charge in [-0.15, -0.1) is 0 Å². The second kappa shape index (κ2) is 3.49. The molecule has 0 unspecified atom stereocenters. The van der Waals surface area contributed by atoms with Gasteiger partial charge in [0, 0.05) is 17.0 Å². The van der Waals surface area contributed by atoms with E-state index in [1.165, 1.54) is 24.2 Å². The number of aromatic nitrogens is 2. The SMILES string of the molecule is CC(C)n1c(C2CC2)nc2ccc(Cl)cc21. The molecule has 0 N–H and O–H groups in total. The van der Waals surface area contributed by atoms with Crippen molar-refractivity contribution in [3.63, 3.8) is 0 Å². The number of halogens is 1. The zero-order valence-electron chi connectivity index (χ0n) is 9.57. The summed E-state index contributed by atoms with van der Waals surface area (Å²) in [6.07, 6.45) is 2.56. The first-order valence-corrected chi connectivity index (χ1v) is 6.22. The molecule has 0 spiro atoms. The van der Waals surface area contributed by atoms with Gasteiger partial charge < -0.3 is 4.57 Å². The Morgan fingerprint density at radius 1 is 1.38 bits per heavy atom. The Labute approximate surface area is 100 Å². The normalized spacial score (nSPS) is 16.2. The van der Waals surface area contributed by atoms with Crippen molar-refractivity contribution in [2.45, 2.75) is 38.6 Å². The number of hydrogen-bond acceptors (Lipinski definition) is 1. The van der Waals surface area contributed by atoms with Crippen molar-refractivity contribution in [2.75, 3.05) is 0 Å². The highest BCUT2D eigenvalue weighted by Gasteiger charge is 2.30. The maximum absolute atomic E-state index is 6.06. The number of fused-ring (bicyclic) bond motifs is 1. The first kappa shape index (κ1) is 10.2. The zero-order chi connectivity index (χ0) is 11.3. The summed E-state index contributed by atoms with van der Waals surface area (Å²) in [6, 6.07) is 6.40. The van der Waals surface area contributed by atoms with Crippen LogP contribution in [0.1, 0.15) is 44.5 Å². The van der Waals surface area contributed by atoms with Crippen molar-refractivity contribution in [3.05, 3.63) is 29.0 Å². The molecule has 0 saturated heterocycles. The fourth-order valence-corrected chi connectivity index (χ4v) is 2.42. The predicted molar refractivity (Wildman–Crippen MR) is 67.1 cm³/mol. The zero-order valence-corrected chi connectivity index (χ0v) is 10.3. The van der Waals surface area contributed by atoms with Gasteiger partial charge in [0.25, 0.3) is 0 Å². The van der Waals surface area contributed by atoms with E-state index in [9.17, 15) is 0 Å². The van der Waals surface area contributed by atoms with Gasteiger partial charge in [0.2, 0.25) is 0 Å². The van der Waals surface area contributed by atoms with Crippen LogP contribution >= 0.6 is 11.6 Å². The molecule has 3 rings (SSSR count). The van der Waals surface area contributed by atoms with Gasteiger partial charge in [-0.1, -0.05) is 11.6 Å². The van der Waals surface area contributed by atoms with Gasteiger partial charge in [-0.05, 0) is 44.9 Å². The molecule has 0 radical (unpaired) electrons. The molecule has 1 aromatic heterocycles. The van der Waals surface area contributed by atoms with Gasteiger partial charge in [-0.2, -0.15) is 0 Å². The van der Waals surface area contributed by atoms with Crippen LogP contribution in [0.25, 0.3) is 11.0 Å². The van der Waals surface area contributed by atoms with Gasteiger partial charge in [0.15, 0.2) is 0 Å². The predicted octanol–water partition coefficient (Wildman–Crippen LogP) is 4.15. The van der Waals surface area contributed by atoms with Crippen LogP contribution in [0.4, 0.5) is 0 Å². The molecule has 0 bridgehead atoms. The Balaban J connectivity index is 2.29. The molecule has 0 atom stereocenters. The van der Waals surface area contributed by atoms with Crippen LogP contribution < -0.4 is 0 Å². The van der Waals surface area contributed by atoms with Gasteiger partial charge in [-0.25, -0.2) is 4.98 Å². The molecule has 2 aromatic rings. The van der Waals surface area contributed by atoms with Crippen LogP contribution in [0.2, 0.25) is 5.02 Å². The summed E-state index contributed by atoms with van der Waals surface area (Å²) in [5.41, 5.74) is 2.24. The van der Waals surface area contributed by atoms with Crippen LogP contribution in [0.5, 0.6) is 0 Å². The molecule has 1 saturated carbocycles. The molecule has 0 amide bonds. The van der Waals surface area contributed by atoms with Crippen LogP contribution in [-0.4, -0.2) is 9.55 Å². The molecule has 1 aliphatic carbocycles. The van der Waals surface area contributed by atoms with E-state index >= 15 is 0 Å². The first-order chi connectivity index (χ1) is 7.66. The summed E-state index contributed by atoms with van der Waals surface area (Å²) in [5.74, 6) is 1.92. The average Bonchev–Trinajstić information content (AvgIpc) is 2.99. The second-order valence-electron chi connectivity index (χ2n) is 4.84. The smallest absolute Gasteiger partial charge is 0.113 e. The van der Waals surface area contributed by atoms with E-state index in [-0.39, 0.29) is 0 Å². The number of imidazole rings is 1. The monoisotopic (exact) mass is 234 g/mol. The number of hydrogen-bond donors (Lipinski definition) is 0. The number of benzene rings is 1. The lowest BCUT2D eigenvalue weighted by molar-refractivity contribution is 0.585. The molecule has 0 aliphatic heterocycles. The lowest BCUT2D eigenvalue weighted by Crippen LogP contribution is -2.05. The summed E-state index contributed by atoms with van der Waals surface area (Å²) in [4.78, 5) is 4.74. The molecular formula is C13H15ClN2. The average molecular weight is 235 g/mol. The highest BCUT2D eigenvalue weighted by Crippen LogP contribution is 2.41. The van der Waals surface area contributed by atoms with Gasteiger partial charge in [0.1, 0.15) is 5.82 Å². The van der Waals surface area contributed by atoms with Crippen molar-refractivity contribution in [2.24, 2.45) is 0 Å². The Morgan fingerprint density at radius 3 is 2.75 bits per heavy atom.